The molecule has 0 spiro atoms. The largest absolute Gasteiger partial charge is 0.496 e. The van der Waals surface area contributed by atoms with Crippen molar-refractivity contribution in [2.24, 2.45) is 5.73 Å². The molecule has 2 rings (SSSR count). The van der Waals surface area contributed by atoms with E-state index in [2.05, 4.69) is 31.9 Å². The quantitative estimate of drug-likeness (QED) is 0.573. The van der Waals surface area contributed by atoms with E-state index in [1.807, 2.05) is 24.3 Å². The number of amidine groups is 1. The average Bonchev–Trinajstić information content (AvgIpc) is 2.48. The first kappa shape index (κ1) is 15.9. The predicted molar refractivity (Wildman–Crippen MR) is 90.2 cm³/mol. The number of halogens is 2. The second-order valence-electron chi connectivity index (χ2n) is 4.32. The number of rotatable bonds is 5. The number of ether oxygens (including phenoxy) is 2. The molecule has 2 aromatic carbocycles. The number of nitrogen functional groups attached to an aromatic ring is 1. The van der Waals surface area contributed by atoms with Crippen molar-refractivity contribution in [1.29, 1.82) is 5.41 Å². The van der Waals surface area contributed by atoms with E-state index in [0.29, 0.717) is 12.2 Å². The summed E-state index contributed by atoms with van der Waals surface area (Å²) in [4.78, 5) is 0. The fourth-order valence-electron chi connectivity index (χ4n) is 1.72. The third-order valence-corrected chi connectivity index (χ3v) is 4.11. The van der Waals surface area contributed by atoms with Crippen molar-refractivity contribution in [2.45, 2.75) is 6.61 Å². The Balaban J connectivity index is 2.09. The lowest BCUT2D eigenvalue weighted by atomic mass is 10.1. The van der Waals surface area contributed by atoms with E-state index >= 15 is 0 Å². The lowest BCUT2D eigenvalue weighted by Crippen LogP contribution is -2.10. The Hall–Kier alpha value is -1.53. The van der Waals surface area contributed by atoms with Crippen molar-refractivity contribution in [1.82, 2.24) is 0 Å². The average molecular weight is 414 g/mol. The van der Waals surface area contributed by atoms with Gasteiger partial charge in [0.1, 0.15) is 23.9 Å². The van der Waals surface area contributed by atoms with Crippen LogP contribution in [-0.4, -0.2) is 12.9 Å². The van der Waals surface area contributed by atoms with Gasteiger partial charge in [-0.05, 0) is 49.6 Å². The maximum atomic E-state index is 7.36. The highest BCUT2D eigenvalue weighted by molar-refractivity contribution is 9.11. The number of methoxy groups -OCH3 is 1. The second-order valence-corrected chi connectivity index (χ2v) is 6.03. The maximum absolute atomic E-state index is 7.36. The predicted octanol–water partition coefficient (Wildman–Crippen LogP) is 4.08. The summed E-state index contributed by atoms with van der Waals surface area (Å²) in [5.41, 5.74) is 7.12. The minimum absolute atomic E-state index is 0.0595. The zero-order valence-electron chi connectivity index (χ0n) is 11.3. The molecule has 21 heavy (non-hydrogen) atoms. The Morgan fingerprint density at radius 1 is 1.10 bits per heavy atom. The van der Waals surface area contributed by atoms with E-state index < -0.39 is 0 Å². The van der Waals surface area contributed by atoms with Gasteiger partial charge in [-0.2, -0.15) is 0 Å². The summed E-state index contributed by atoms with van der Waals surface area (Å²) in [6.45, 7) is 0.426. The van der Waals surface area contributed by atoms with Gasteiger partial charge >= 0.3 is 0 Å². The van der Waals surface area contributed by atoms with Crippen LogP contribution in [0.5, 0.6) is 11.5 Å². The third-order valence-electron chi connectivity index (χ3n) is 2.87. The van der Waals surface area contributed by atoms with Crippen LogP contribution in [0.2, 0.25) is 0 Å². The Morgan fingerprint density at radius 3 is 2.24 bits per heavy atom. The minimum Gasteiger partial charge on any atom is -0.496 e. The molecule has 110 valence electrons. The van der Waals surface area contributed by atoms with E-state index in [-0.39, 0.29) is 5.84 Å². The molecule has 0 bridgehead atoms. The van der Waals surface area contributed by atoms with E-state index in [1.165, 1.54) is 0 Å². The Morgan fingerprint density at radius 2 is 1.67 bits per heavy atom. The van der Waals surface area contributed by atoms with Gasteiger partial charge in [-0.15, -0.1) is 0 Å². The molecule has 0 aliphatic carbocycles. The van der Waals surface area contributed by atoms with Crippen LogP contribution in [0.15, 0.2) is 45.3 Å². The molecule has 0 saturated carbocycles. The first-order valence-corrected chi connectivity index (χ1v) is 7.69. The maximum Gasteiger partial charge on any atom is 0.135 e. The molecule has 0 amide bonds. The zero-order chi connectivity index (χ0) is 15.4. The highest BCUT2D eigenvalue weighted by Gasteiger charge is 2.08. The summed E-state index contributed by atoms with van der Waals surface area (Å²) in [5, 5.41) is 7.36. The molecule has 3 N–H and O–H groups in total. The Bertz CT molecular complexity index is 657. The lowest BCUT2D eigenvalue weighted by Gasteiger charge is -2.11. The summed E-state index contributed by atoms with van der Waals surface area (Å²) < 4.78 is 12.7. The van der Waals surface area contributed by atoms with Crippen LogP contribution >= 0.6 is 31.9 Å². The van der Waals surface area contributed by atoms with Crippen LogP contribution in [0, 0.1) is 5.41 Å². The lowest BCUT2D eigenvalue weighted by molar-refractivity contribution is 0.303. The van der Waals surface area contributed by atoms with Crippen LogP contribution in [0.25, 0.3) is 0 Å². The number of nitrogens with two attached hydrogens (primary N) is 1. The topological polar surface area (TPSA) is 68.3 Å². The SMILES string of the molecule is COc1cc(Br)c(OCc2ccc(C(=N)N)cc2)cc1Br. The number of nitrogens with one attached hydrogen (secondary N) is 1. The van der Waals surface area contributed by atoms with Crippen molar-refractivity contribution in [3.05, 3.63) is 56.5 Å². The van der Waals surface area contributed by atoms with Crippen molar-refractivity contribution in [3.63, 3.8) is 0 Å². The van der Waals surface area contributed by atoms with Gasteiger partial charge in [-0.3, -0.25) is 5.41 Å². The van der Waals surface area contributed by atoms with Gasteiger partial charge in [-0.1, -0.05) is 24.3 Å². The van der Waals surface area contributed by atoms with Crippen LogP contribution in [0.1, 0.15) is 11.1 Å². The fourth-order valence-corrected chi connectivity index (χ4v) is 2.64. The van der Waals surface area contributed by atoms with Crippen molar-refractivity contribution < 1.29 is 9.47 Å². The molecule has 0 aromatic heterocycles. The summed E-state index contributed by atoms with van der Waals surface area (Å²) in [6.07, 6.45) is 0. The molecular weight excluding hydrogens is 400 g/mol. The first-order chi connectivity index (χ1) is 10.0. The molecule has 6 heteroatoms. The monoisotopic (exact) mass is 412 g/mol. The molecule has 0 saturated heterocycles. The van der Waals surface area contributed by atoms with Gasteiger partial charge in [-0.25, -0.2) is 0 Å². The van der Waals surface area contributed by atoms with Gasteiger partial charge in [0.25, 0.3) is 0 Å². The van der Waals surface area contributed by atoms with Crippen molar-refractivity contribution >= 4 is 37.7 Å². The van der Waals surface area contributed by atoms with Crippen molar-refractivity contribution in [2.75, 3.05) is 7.11 Å². The molecule has 0 fully saturated rings. The first-order valence-electron chi connectivity index (χ1n) is 6.10. The van der Waals surface area contributed by atoms with E-state index in [1.54, 1.807) is 19.2 Å². The normalized spacial score (nSPS) is 10.2. The van der Waals surface area contributed by atoms with Crippen molar-refractivity contribution in [3.8, 4) is 11.5 Å². The van der Waals surface area contributed by atoms with Gasteiger partial charge < -0.3 is 15.2 Å². The van der Waals surface area contributed by atoms with Crippen LogP contribution in [-0.2, 0) is 6.61 Å². The highest BCUT2D eigenvalue weighted by atomic mass is 79.9. The molecule has 0 heterocycles. The number of hydrogen-bond donors (Lipinski definition) is 2. The molecule has 0 aliphatic heterocycles. The van der Waals surface area contributed by atoms with Gasteiger partial charge in [0.15, 0.2) is 0 Å². The van der Waals surface area contributed by atoms with Gasteiger partial charge in [0.2, 0.25) is 0 Å². The van der Waals surface area contributed by atoms with E-state index in [9.17, 15) is 0 Å². The molecule has 0 unspecified atom stereocenters. The summed E-state index contributed by atoms with van der Waals surface area (Å²) in [7, 11) is 1.61. The molecule has 4 nitrogen and oxygen atoms in total. The summed E-state index contributed by atoms with van der Waals surface area (Å²) >= 11 is 6.89. The summed E-state index contributed by atoms with van der Waals surface area (Å²) in [6, 6.07) is 11.1. The fraction of sp³-hybridized carbons (Fsp3) is 0.133. The van der Waals surface area contributed by atoms with Gasteiger partial charge in [0.05, 0.1) is 16.1 Å². The molecule has 2 aromatic rings. The Labute approximate surface area is 140 Å². The molecule has 0 aliphatic rings. The van der Waals surface area contributed by atoms with Crippen LogP contribution < -0.4 is 15.2 Å². The minimum atomic E-state index is 0.0595. The van der Waals surface area contributed by atoms with Crippen LogP contribution in [0.3, 0.4) is 0 Å². The molecule has 0 radical (unpaired) electrons. The summed E-state index contributed by atoms with van der Waals surface area (Å²) in [5.74, 6) is 1.52. The molecule has 0 atom stereocenters. The third kappa shape index (κ3) is 3.98. The second kappa shape index (κ2) is 6.95. The van der Waals surface area contributed by atoms with E-state index in [0.717, 1.165) is 26.0 Å². The molecular formula is C15H14Br2N2O2. The Kier molecular flexibility index (Phi) is 5.25. The van der Waals surface area contributed by atoms with E-state index in [4.69, 9.17) is 20.6 Å². The zero-order valence-corrected chi connectivity index (χ0v) is 14.5. The standard InChI is InChI=1S/C15H14Br2N2O2/c1-20-13-6-12(17)14(7-11(13)16)21-8-9-2-4-10(5-3-9)15(18)19/h2-7H,8H2,1H3,(H3,18,19). The smallest absolute Gasteiger partial charge is 0.135 e. The number of hydrogen-bond acceptors (Lipinski definition) is 3. The van der Waals surface area contributed by atoms with Gasteiger partial charge in [0, 0.05) is 5.56 Å². The highest BCUT2D eigenvalue weighted by Crippen LogP contribution is 2.36. The van der Waals surface area contributed by atoms with Crippen LogP contribution in [0.4, 0.5) is 0 Å². The number of benzene rings is 2.